The Hall–Kier alpha value is -1.92. The van der Waals surface area contributed by atoms with Crippen molar-refractivity contribution in [1.82, 2.24) is 4.90 Å². The molecule has 0 atom stereocenters. The molecule has 2 aromatic rings. The van der Waals surface area contributed by atoms with Crippen LogP contribution in [0.5, 0.6) is 0 Å². The Bertz CT molecular complexity index is 1080. The molecule has 1 N–H and O–H groups in total. The minimum absolute atomic E-state index is 0.0144. The van der Waals surface area contributed by atoms with Crippen LogP contribution in [0, 0.1) is 11.7 Å². The van der Waals surface area contributed by atoms with Crippen molar-refractivity contribution in [3.63, 3.8) is 0 Å². The Morgan fingerprint density at radius 2 is 1.83 bits per heavy atom. The predicted octanol–water partition coefficient (Wildman–Crippen LogP) is 7.08. The average Bonchev–Trinajstić information content (AvgIpc) is 3.36. The van der Waals surface area contributed by atoms with Crippen molar-refractivity contribution in [2.24, 2.45) is 5.92 Å². The maximum atomic E-state index is 14.8. The van der Waals surface area contributed by atoms with Gasteiger partial charge in [-0.1, -0.05) is 70.4 Å². The number of sulfonamides is 1. The highest BCUT2D eigenvalue weighted by Crippen LogP contribution is 2.30. The van der Waals surface area contributed by atoms with Crippen molar-refractivity contribution in [1.29, 1.82) is 0 Å². The van der Waals surface area contributed by atoms with Crippen LogP contribution in [0.2, 0.25) is 0 Å². The number of benzene rings is 2. The first-order valence-electron chi connectivity index (χ1n) is 13.6. The molecular formula is C29H41FN2O2S. The van der Waals surface area contributed by atoms with Crippen LogP contribution < -0.4 is 4.72 Å². The molecule has 0 amide bonds. The highest BCUT2D eigenvalue weighted by Gasteiger charge is 2.21. The molecule has 0 saturated heterocycles. The summed E-state index contributed by atoms with van der Waals surface area (Å²) in [5.74, 6) is 0.319. The molecule has 4 rings (SSSR count). The standard InChI is InChI=1S/C29H41FN2O2S/c1-2-3-4-7-18-32-19-17-25-21-27(15-14-26(25)22-32)35(33,34)31-29-16-13-24(20-28(29)30)12-8-11-23-9-5-6-10-23/h13-16,20-21,23,31H,2-12,17-19,22H2,1H3. The number of fused-ring (bicyclic) bond motifs is 1. The zero-order valence-electron chi connectivity index (χ0n) is 21.2. The summed E-state index contributed by atoms with van der Waals surface area (Å²) in [4.78, 5) is 2.66. The highest BCUT2D eigenvalue weighted by molar-refractivity contribution is 7.92. The smallest absolute Gasteiger partial charge is 0.261 e. The summed E-state index contributed by atoms with van der Waals surface area (Å²) in [6.07, 6.45) is 14.3. The predicted molar refractivity (Wildman–Crippen MR) is 142 cm³/mol. The number of rotatable bonds is 12. The molecule has 1 aliphatic carbocycles. The van der Waals surface area contributed by atoms with Gasteiger partial charge in [-0.25, -0.2) is 12.8 Å². The zero-order chi connectivity index (χ0) is 24.7. The third-order valence-electron chi connectivity index (χ3n) is 7.74. The molecule has 0 unspecified atom stereocenters. The monoisotopic (exact) mass is 500 g/mol. The van der Waals surface area contributed by atoms with Gasteiger partial charge in [0.1, 0.15) is 5.82 Å². The van der Waals surface area contributed by atoms with Gasteiger partial charge in [-0.2, -0.15) is 0 Å². The van der Waals surface area contributed by atoms with E-state index in [9.17, 15) is 12.8 Å². The summed E-state index contributed by atoms with van der Waals surface area (Å²) in [7, 11) is -3.85. The zero-order valence-corrected chi connectivity index (χ0v) is 22.0. The lowest BCUT2D eigenvalue weighted by atomic mass is 9.98. The molecule has 2 aromatic carbocycles. The van der Waals surface area contributed by atoms with Gasteiger partial charge >= 0.3 is 0 Å². The summed E-state index contributed by atoms with van der Waals surface area (Å²) in [6.45, 7) is 5.13. The van der Waals surface area contributed by atoms with Crippen molar-refractivity contribution < 1.29 is 12.8 Å². The number of nitrogens with one attached hydrogen (secondary N) is 1. The summed E-state index contributed by atoms with van der Waals surface area (Å²) in [6, 6.07) is 10.2. The van der Waals surface area contributed by atoms with Crippen LogP contribution in [0.3, 0.4) is 0 Å². The van der Waals surface area contributed by atoms with E-state index in [0.717, 1.165) is 55.9 Å². The van der Waals surface area contributed by atoms with Crippen LogP contribution in [0.1, 0.15) is 87.8 Å². The van der Waals surface area contributed by atoms with Crippen molar-refractivity contribution in [3.8, 4) is 0 Å². The van der Waals surface area contributed by atoms with Crippen molar-refractivity contribution in [2.75, 3.05) is 17.8 Å². The largest absolute Gasteiger partial charge is 0.299 e. The number of hydrogen-bond donors (Lipinski definition) is 1. The molecule has 35 heavy (non-hydrogen) atoms. The van der Waals surface area contributed by atoms with E-state index in [1.165, 1.54) is 69.4 Å². The minimum Gasteiger partial charge on any atom is -0.299 e. The summed E-state index contributed by atoms with van der Waals surface area (Å²) in [5, 5.41) is 0. The normalized spacial score (nSPS) is 17.0. The molecule has 0 aromatic heterocycles. The fraction of sp³-hybridized carbons (Fsp3) is 0.586. The second kappa shape index (κ2) is 12.4. The number of unbranched alkanes of at least 4 members (excludes halogenated alkanes) is 3. The topological polar surface area (TPSA) is 49.4 Å². The van der Waals surface area contributed by atoms with Gasteiger partial charge in [0.15, 0.2) is 0 Å². The lowest BCUT2D eigenvalue weighted by Crippen LogP contribution is -2.31. The van der Waals surface area contributed by atoms with Crippen LogP contribution in [0.15, 0.2) is 41.3 Å². The van der Waals surface area contributed by atoms with E-state index in [1.54, 1.807) is 18.2 Å². The average molecular weight is 501 g/mol. The Balaban J connectivity index is 1.34. The number of nitrogens with zero attached hydrogens (tertiary/aromatic N) is 1. The molecule has 2 aliphatic rings. The lowest BCUT2D eigenvalue weighted by molar-refractivity contribution is 0.248. The van der Waals surface area contributed by atoms with Gasteiger partial charge in [0, 0.05) is 13.1 Å². The maximum Gasteiger partial charge on any atom is 0.261 e. The van der Waals surface area contributed by atoms with Crippen molar-refractivity contribution in [3.05, 3.63) is 58.9 Å². The number of anilines is 1. The van der Waals surface area contributed by atoms with E-state index in [0.29, 0.717) is 0 Å². The first kappa shape index (κ1) is 26.2. The van der Waals surface area contributed by atoms with Gasteiger partial charge < -0.3 is 0 Å². The third-order valence-corrected chi connectivity index (χ3v) is 9.10. The second-order valence-electron chi connectivity index (χ2n) is 10.5. The van der Waals surface area contributed by atoms with Crippen LogP contribution in [0.4, 0.5) is 10.1 Å². The Kier molecular flexibility index (Phi) is 9.23. The molecule has 0 bridgehead atoms. The van der Waals surface area contributed by atoms with Gasteiger partial charge in [0.05, 0.1) is 10.6 Å². The molecule has 192 valence electrons. The molecule has 1 saturated carbocycles. The molecule has 4 nitrogen and oxygen atoms in total. The van der Waals surface area contributed by atoms with Crippen LogP contribution in [-0.4, -0.2) is 26.4 Å². The van der Waals surface area contributed by atoms with E-state index in [1.807, 2.05) is 12.1 Å². The molecule has 1 fully saturated rings. The van der Waals surface area contributed by atoms with E-state index in [-0.39, 0.29) is 10.6 Å². The van der Waals surface area contributed by atoms with Crippen LogP contribution in [0.25, 0.3) is 0 Å². The van der Waals surface area contributed by atoms with Crippen molar-refractivity contribution >= 4 is 15.7 Å². The summed E-state index contributed by atoms with van der Waals surface area (Å²) in [5.41, 5.74) is 3.21. The highest BCUT2D eigenvalue weighted by atomic mass is 32.2. The molecular weight excluding hydrogens is 459 g/mol. The lowest BCUT2D eigenvalue weighted by Gasteiger charge is -2.29. The molecule has 6 heteroatoms. The second-order valence-corrected chi connectivity index (χ2v) is 12.2. The van der Waals surface area contributed by atoms with Crippen molar-refractivity contribution in [2.45, 2.75) is 95.4 Å². The number of aryl methyl sites for hydroxylation is 1. The van der Waals surface area contributed by atoms with Gasteiger partial charge in [-0.15, -0.1) is 0 Å². The van der Waals surface area contributed by atoms with Crippen LogP contribution >= 0.6 is 0 Å². The van der Waals surface area contributed by atoms with E-state index >= 15 is 0 Å². The van der Waals surface area contributed by atoms with E-state index in [2.05, 4.69) is 16.5 Å². The third kappa shape index (κ3) is 7.29. The maximum absolute atomic E-state index is 14.8. The first-order valence-corrected chi connectivity index (χ1v) is 15.1. The summed E-state index contributed by atoms with van der Waals surface area (Å²) < 4.78 is 43.3. The fourth-order valence-electron chi connectivity index (χ4n) is 5.60. The first-order chi connectivity index (χ1) is 16.9. The molecule has 1 heterocycles. The quantitative estimate of drug-likeness (QED) is 0.317. The SMILES string of the molecule is CCCCCCN1CCc2cc(S(=O)(=O)Nc3ccc(CCCC4CCCC4)cc3F)ccc2C1. The van der Waals surface area contributed by atoms with Gasteiger partial charge in [-0.05, 0) is 79.1 Å². The number of hydrogen-bond acceptors (Lipinski definition) is 3. The Labute approximate surface area is 211 Å². The Morgan fingerprint density at radius 3 is 2.60 bits per heavy atom. The molecule has 0 radical (unpaired) electrons. The van der Waals surface area contributed by atoms with E-state index < -0.39 is 15.8 Å². The number of halogens is 1. The summed E-state index contributed by atoms with van der Waals surface area (Å²) >= 11 is 0. The molecule has 1 aliphatic heterocycles. The van der Waals surface area contributed by atoms with Crippen LogP contribution in [-0.2, 0) is 29.4 Å². The van der Waals surface area contributed by atoms with Gasteiger partial charge in [0.25, 0.3) is 10.0 Å². The Morgan fingerprint density at radius 1 is 1.00 bits per heavy atom. The fourth-order valence-corrected chi connectivity index (χ4v) is 6.72. The van der Waals surface area contributed by atoms with Gasteiger partial charge in [-0.3, -0.25) is 9.62 Å². The van der Waals surface area contributed by atoms with Gasteiger partial charge in [0.2, 0.25) is 0 Å². The molecule has 0 spiro atoms. The van der Waals surface area contributed by atoms with E-state index in [4.69, 9.17) is 0 Å². The minimum atomic E-state index is -3.85.